The van der Waals surface area contributed by atoms with Crippen molar-refractivity contribution in [2.45, 2.75) is 161 Å². The number of aliphatic hydroxyl groups is 1. The normalized spacial score (nSPS) is 14.0. The molecule has 0 aliphatic rings. The molecule has 0 aliphatic heterocycles. The maximum Gasteiger partial charge on any atom is 0.267 e. The molecule has 0 spiro atoms. The molecule has 0 fully saturated rings. The Hall–Kier alpha value is -1.44. The van der Waals surface area contributed by atoms with E-state index >= 15 is 0 Å². The van der Waals surface area contributed by atoms with E-state index in [4.69, 9.17) is 0 Å². The molecular weight excluding hydrogens is 522 g/mol. The second-order valence-electron chi connectivity index (χ2n) is 11.1. The fourth-order valence-corrected chi connectivity index (χ4v) is 5.31. The van der Waals surface area contributed by atoms with Crippen molar-refractivity contribution >= 4 is 16.0 Å². The molecule has 0 aromatic carbocycles. The summed E-state index contributed by atoms with van der Waals surface area (Å²) in [6.45, 7) is 4.45. The summed E-state index contributed by atoms with van der Waals surface area (Å²) in [5.41, 5.74) is 0. The molecule has 3 N–H and O–H groups in total. The van der Waals surface area contributed by atoms with Crippen LogP contribution in [-0.4, -0.2) is 41.9 Å². The number of carbonyl (C=O) groups excluding carboxylic acids is 1. The Kier molecular flexibility index (Phi) is 26.7. The molecular formula is C33H61NO5S. The molecule has 6 nitrogen and oxygen atoms in total. The summed E-state index contributed by atoms with van der Waals surface area (Å²) in [5.74, 6) is -1.01. The van der Waals surface area contributed by atoms with Gasteiger partial charge in [0.15, 0.2) is 0 Å². The van der Waals surface area contributed by atoms with Crippen LogP contribution < -0.4 is 5.32 Å². The fraction of sp³-hybridized carbons (Fsp3) is 0.788. The van der Waals surface area contributed by atoms with E-state index in [2.05, 4.69) is 43.5 Å². The van der Waals surface area contributed by atoms with E-state index in [9.17, 15) is 22.9 Å². The van der Waals surface area contributed by atoms with Crippen molar-refractivity contribution in [2.24, 2.45) is 0 Å². The van der Waals surface area contributed by atoms with Gasteiger partial charge < -0.3 is 10.4 Å². The van der Waals surface area contributed by atoms with Gasteiger partial charge in [-0.15, -0.1) is 0 Å². The van der Waals surface area contributed by atoms with E-state index in [1.54, 1.807) is 6.08 Å². The van der Waals surface area contributed by atoms with E-state index in [1.807, 2.05) is 0 Å². The van der Waals surface area contributed by atoms with Gasteiger partial charge in [0.05, 0.1) is 17.9 Å². The Labute approximate surface area is 246 Å². The molecule has 0 aromatic heterocycles. The Morgan fingerprint density at radius 2 is 1.07 bits per heavy atom. The second-order valence-corrected chi connectivity index (χ2v) is 12.6. The summed E-state index contributed by atoms with van der Waals surface area (Å²) in [6, 6.07) is -1.07. The average molecular weight is 584 g/mol. The lowest BCUT2D eigenvalue weighted by Gasteiger charge is -2.21. The van der Waals surface area contributed by atoms with Crippen LogP contribution in [0.1, 0.15) is 149 Å². The van der Waals surface area contributed by atoms with Gasteiger partial charge in [0, 0.05) is 6.42 Å². The summed E-state index contributed by atoms with van der Waals surface area (Å²) in [4.78, 5) is 12.4. The van der Waals surface area contributed by atoms with E-state index in [0.29, 0.717) is 12.8 Å². The predicted molar refractivity (Wildman–Crippen MR) is 170 cm³/mol. The van der Waals surface area contributed by atoms with Crippen LogP contribution in [0.3, 0.4) is 0 Å². The van der Waals surface area contributed by atoms with Gasteiger partial charge in [-0.3, -0.25) is 9.35 Å². The summed E-state index contributed by atoms with van der Waals surface area (Å²) >= 11 is 0. The number of hydrogen-bond donors (Lipinski definition) is 3. The number of aliphatic hydroxyl groups excluding tert-OH is 1. The predicted octanol–water partition coefficient (Wildman–Crippen LogP) is 8.62. The topological polar surface area (TPSA) is 104 Å². The molecule has 1 amide bonds. The van der Waals surface area contributed by atoms with Crippen molar-refractivity contribution in [3.63, 3.8) is 0 Å². The van der Waals surface area contributed by atoms with Crippen LogP contribution in [-0.2, 0) is 14.9 Å². The zero-order valence-corrected chi connectivity index (χ0v) is 26.5. The molecule has 0 bridgehead atoms. The van der Waals surface area contributed by atoms with Crippen molar-refractivity contribution < 1.29 is 22.9 Å². The minimum absolute atomic E-state index is 0.277. The molecule has 0 aliphatic carbocycles. The number of carbonyl (C=O) groups is 1. The maximum atomic E-state index is 12.4. The molecule has 2 unspecified atom stereocenters. The number of allylic oxidation sites excluding steroid dienone is 5. The first-order chi connectivity index (χ1) is 19.3. The molecule has 7 heteroatoms. The molecule has 0 radical (unpaired) electrons. The molecule has 234 valence electrons. The van der Waals surface area contributed by atoms with Gasteiger partial charge in [0.25, 0.3) is 10.1 Å². The van der Waals surface area contributed by atoms with Crippen molar-refractivity contribution in [2.75, 3.05) is 5.75 Å². The lowest BCUT2D eigenvalue weighted by molar-refractivity contribution is -0.122. The Bertz CT molecular complexity index is 776. The van der Waals surface area contributed by atoms with Crippen molar-refractivity contribution in [3.05, 3.63) is 36.5 Å². The van der Waals surface area contributed by atoms with Crippen LogP contribution in [0.2, 0.25) is 0 Å². The first-order valence-electron chi connectivity index (χ1n) is 16.2. The Morgan fingerprint density at radius 3 is 1.60 bits per heavy atom. The van der Waals surface area contributed by atoms with Gasteiger partial charge in [-0.25, -0.2) is 0 Å². The minimum Gasteiger partial charge on any atom is -0.387 e. The van der Waals surface area contributed by atoms with Crippen molar-refractivity contribution in [1.82, 2.24) is 5.32 Å². The van der Waals surface area contributed by atoms with Crippen LogP contribution in [0.25, 0.3) is 0 Å². The zero-order chi connectivity index (χ0) is 29.7. The van der Waals surface area contributed by atoms with Crippen LogP contribution in [0.4, 0.5) is 0 Å². The van der Waals surface area contributed by atoms with Crippen LogP contribution in [0.15, 0.2) is 36.5 Å². The van der Waals surface area contributed by atoms with Gasteiger partial charge in [-0.1, -0.05) is 121 Å². The smallest absolute Gasteiger partial charge is 0.267 e. The lowest BCUT2D eigenvalue weighted by Crippen LogP contribution is -2.46. The lowest BCUT2D eigenvalue weighted by atomic mass is 10.1. The van der Waals surface area contributed by atoms with Crippen molar-refractivity contribution in [1.29, 1.82) is 0 Å². The summed E-state index contributed by atoms with van der Waals surface area (Å²) in [6.07, 6.45) is 34.1. The van der Waals surface area contributed by atoms with E-state index in [1.165, 1.54) is 76.7 Å². The highest BCUT2D eigenvalue weighted by atomic mass is 32.2. The highest BCUT2D eigenvalue weighted by Gasteiger charge is 2.24. The highest BCUT2D eigenvalue weighted by molar-refractivity contribution is 7.85. The minimum atomic E-state index is -4.34. The number of hydrogen-bond acceptors (Lipinski definition) is 4. The van der Waals surface area contributed by atoms with Gasteiger partial charge in [-0.2, -0.15) is 8.42 Å². The number of rotatable bonds is 28. The molecule has 0 rings (SSSR count). The third-order valence-electron chi connectivity index (χ3n) is 7.04. The van der Waals surface area contributed by atoms with E-state index in [-0.39, 0.29) is 12.3 Å². The van der Waals surface area contributed by atoms with Gasteiger partial charge in [0.1, 0.15) is 0 Å². The molecule has 2 atom stereocenters. The molecule has 0 aromatic rings. The molecule has 40 heavy (non-hydrogen) atoms. The summed E-state index contributed by atoms with van der Waals surface area (Å²) in [5, 5.41) is 13.1. The standard InChI is InChI=1S/C33H61NO5S/c1-3-5-7-9-11-13-15-17-19-21-23-25-27-29-33(36)34-31(30-40(37,38)39)32(35)28-26-24-22-20-18-16-14-12-10-8-6-4-2/h13,15,18,20,26,28,31-32,35H,3-12,14,16-17,19,21-25,27,29-30H2,1-2H3,(H,34,36)(H,37,38,39)/b15-13-,20-18+,28-26+. The number of nitrogens with one attached hydrogen (secondary N) is 1. The summed E-state index contributed by atoms with van der Waals surface area (Å²) in [7, 11) is -4.34. The van der Waals surface area contributed by atoms with E-state index in [0.717, 1.165) is 44.9 Å². The van der Waals surface area contributed by atoms with Gasteiger partial charge in [0.2, 0.25) is 5.91 Å². The zero-order valence-electron chi connectivity index (χ0n) is 25.7. The van der Waals surface area contributed by atoms with Crippen LogP contribution >= 0.6 is 0 Å². The monoisotopic (exact) mass is 583 g/mol. The molecule has 0 heterocycles. The number of unbranched alkanes of at least 4 members (excludes halogenated alkanes) is 16. The third kappa shape index (κ3) is 28.1. The Balaban J connectivity index is 4.14. The highest BCUT2D eigenvalue weighted by Crippen LogP contribution is 2.11. The quantitative estimate of drug-likeness (QED) is 0.0486. The van der Waals surface area contributed by atoms with Crippen molar-refractivity contribution in [3.8, 4) is 0 Å². The molecule has 0 saturated heterocycles. The van der Waals surface area contributed by atoms with Crippen LogP contribution in [0, 0.1) is 0 Å². The third-order valence-corrected chi connectivity index (χ3v) is 7.82. The first kappa shape index (κ1) is 38.6. The van der Waals surface area contributed by atoms with Crippen LogP contribution in [0.5, 0.6) is 0 Å². The Morgan fingerprint density at radius 1 is 0.650 bits per heavy atom. The average Bonchev–Trinajstić information content (AvgIpc) is 2.90. The van der Waals surface area contributed by atoms with Gasteiger partial charge >= 0.3 is 0 Å². The summed E-state index contributed by atoms with van der Waals surface area (Å²) < 4.78 is 32.2. The molecule has 0 saturated carbocycles. The van der Waals surface area contributed by atoms with Gasteiger partial charge in [-0.05, 0) is 57.8 Å². The number of amides is 1. The SMILES string of the molecule is CCCCCC/C=C\CCCCCCCC(=O)NC(CS(=O)(=O)O)C(O)/C=C/CC/C=C/CCCCCCCC. The second kappa shape index (κ2) is 27.7. The van der Waals surface area contributed by atoms with E-state index < -0.39 is 28.0 Å². The first-order valence-corrected chi connectivity index (χ1v) is 17.8. The largest absolute Gasteiger partial charge is 0.387 e. The fourth-order valence-electron chi connectivity index (χ4n) is 4.57. The maximum absolute atomic E-state index is 12.4.